The number of hydrogen-bond acceptors (Lipinski definition) is 3. The van der Waals surface area contributed by atoms with Crippen molar-refractivity contribution in [3.05, 3.63) is 23.3 Å². The van der Waals surface area contributed by atoms with E-state index in [1.165, 1.54) is 11.1 Å². The van der Waals surface area contributed by atoms with Gasteiger partial charge >= 0.3 is 0 Å². The zero-order valence-corrected chi connectivity index (χ0v) is 13.3. The van der Waals surface area contributed by atoms with Crippen LogP contribution >= 0.6 is 11.6 Å². The van der Waals surface area contributed by atoms with Gasteiger partial charge in [0, 0.05) is 5.88 Å². The molecule has 0 amide bonds. The highest BCUT2D eigenvalue weighted by Crippen LogP contribution is 2.42. The van der Waals surface area contributed by atoms with E-state index in [1.807, 2.05) is 0 Å². The van der Waals surface area contributed by atoms with Gasteiger partial charge in [-0.05, 0) is 55.9 Å². The van der Waals surface area contributed by atoms with Crippen molar-refractivity contribution in [2.75, 3.05) is 26.7 Å². The van der Waals surface area contributed by atoms with E-state index in [1.54, 1.807) is 14.2 Å². The summed E-state index contributed by atoms with van der Waals surface area (Å²) in [5.41, 5.74) is 2.26. The number of alkyl halides is 1. The van der Waals surface area contributed by atoms with Crippen LogP contribution in [0.15, 0.2) is 12.1 Å². The second-order valence-corrected chi connectivity index (χ2v) is 5.72. The Morgan fingerprint density at radius 3 is 2.55 bits per heavy atom. The Labute approximate surface area is 126 Å². The highest BCUT2D eigenvalue weighted by atomic mass is 35.5. The van der Waals surface area contributed by atoms with Crippen LogP contribution in [0, 0.1) is 0 Å². The highest BCUT2D eigenvalue weighted by Gasteiger charge is 2.33. The molecule has 2 rings (SSSR count). The van der Waals surface area contributed by atoms with Gasteiger partial charge in [0.05, 0.1) is 26.4 Å². The lowest BCUT2D eigenvalue weighted by atomic mass is 9.83. The van der Waals surface area contributed by atoms with Crippen LogP contribution in [0.4, 0.5) is 0 Å². The first kappa shape index (κ1) is 15.5. The van der Waals surface area contributed by atoms with Crippen LogP contribution < -0.4 is 9.47 Å². The minimum atomic E-state index is -0.251. The summed E-state index contributed by atoms with van der Waals surface area (Å²) in [6.45, 7) is 2.91. The molecular formula is C16H23ClO3. The molecule has 0 saturated carbocycles. The largest absolute Gasteiger partial charge is 0.493 e. The maximum atomic E-state index is 6.07. The molecule has 1 aliphatic rings. The number of benzene rings is 1. The van der Waals surface area contributed by atoms with E-state index in [2.05, 4.69) is 19.1 Å². The fraction of sp³-hybridized carbons (Fsp3) is 0.625. The molecule has 3 nitrogen and oxygen atoms in total. The number of unbranched alkanes of at least 4 members (excludes halogenated alkanes) is 1. The van der Waals surface area contributed by atoms with Crippen LogP contribution in [0.3, 0.4) is 0 Å². The molecule has 1 aromatic rings. The average Bonchev–Trinajstić information content (AvgIpc) is 2.46. The number of fused-ring (bicyclic) bond motifs is 1. The smallest absolute Gasteiger partial charge is 0.161 e. The molecule has 1 unspecified atom stereocenters. The fourth-order valence-electron chi connectivity index (χ4n) is 2.85. The van der Waals surface area contributed by atoms with Crippen molar-refractivity contribution in [3.8, 4) is 11.5 Å². The predicted octanol–water partition coefficient (Wildman–Crippen LogP) is 3.90. The number of ether oxygens (including phenoxy) is 3. The van der Waals surface area contributed by atoms with Crippen LogP contribution in [-0.2, 0) is 16.8 Å². The molecule has 1 heterocycles. The van der Waals surface area contributed by atoms with E-state index in [0.717, 1.165) is 43.8 Å². The van der Waals surface area contributed by atoms with Gasteiger partial charge in [-0.2, -0.15) is 0 Å². The zero-order valence-electron chi connectivity index (χ0n) is 12.5. The molecule has 1 atom stereocenters. The minimum Gasteiger partial charge on any atom is -0.493 e. The molecule has 20 heavy (non-hydrogen) atoms. The Kier molecular flexibility index (Phi) is 5.17. The second kappa shape index (κ2) is 6.68. The van der Waals surface area contributed by atoms with Gasteiger partial charge in [0.1, 0.15) is 0 Å². The van der Waals surface area contributed by atoms with E-state index in [4.69, 9.17) is 25.8 Å². The molecule has 1 aromatic carbocycles. The van der Waals surface area contributed by atoms with Crippen LogP contribution in [0.5, 0.6) is 11.5 Å². The molecule has 4 heteroatoms. The van der Waals surface area contributed by atoms with Crippen molar-refractivity contribution in [1.82, 2.24) is 0 Å². The Morgan fingerprint density at radius 2 is 1.90 bits per heavy atom. The molecule has 112 valence electrons. The number of rotatable bonds is 6. The average molecular weight is 299 g/mol. The first-order valence-electron chi connectivity index (χ1n) is 7.10. The topological polar surface area (TPSA) is 27.7 Å². The van der Waals surface area contributed by atoms with Crippen molar-refractivity contribution in [1.29, 1.82) is 0 Å². The van der Waals surface area contributed by atoms with Crippen molar-refractivity contribution in [2.45, 2.75) is 38.2 Å². The fourth-order valence-corrected chi connectivity index (χ4v) is 3.04. The maximum Gasteiger partial charge on any atom is 0.161 e. The lowest BCUT2D eigenvalue weighted by Crippen LogP contribution is -2.32. The quantitative estimate of drug-likeness (QED) is 0.589. The van der Waals surface area contributed by atoms with Gasteiger partial charge < -0.3 is 14.2 Å². The van der Waals surface area contributed by atoms with Gasteiger partial charge in [-0.15, -0.1) is 11.6 Å². The third-order valence-corrected chi connectivity index (χ3v) is 4.28. The summed E-state index contributed by atoms with van der Waals surface area (Å²) in [7, 11) is 3.34. The lowest BCUT2D eigenvalue weighted by molar-refractivity contribution is -0.0537. The first-order valence-corrected chi connectivity index (χ1v) is 7.63. The molecule has 0 radical (unpaired) electrons. The van der Waals surface area contributed by atoms with Gasteiger partial charge in [-0.25, -0.2) is 0 Å². The van der Waals surface area contributed by atoms with Gasteiger partial charge in [-0.3, -0.25) is 0 Å². The Bertz CT molecular complexity index is 461. The van der Waals surface area contributed by atoms with E-state index in [-0.39, 0.29) is 5.60 Å². The summed E-state index contributed by atoms with van der Waals surface area (Å²) in [4.78, 5) is 0. The van der Waals surface area contributed by atoms with Crippen LogP contribution in [0.1, 0.15) is 37.3 Å². The van der Waals surface area contributed by atoms with Gasteiger partial charge in [-0.1, -0.05) is 0 Å². The molecule has 1 aliphatic heterocycles. The molecule has 0 fully saturated rings. The molecule has 0 saturated heterocycles. The Hall–Kier alpha value is -0.930. The summed E-state index contributed by atoms with van der Waals surface area (Å²) >= 11 is 5.77. The van der Waals surface area contributed by atoms with E-state index >= 15 is 0 Å². The van der Waals surface area contributed by atoms with Crippen LogP contribution in [-0.4, -0.2) is 26.7 Å². The molecule has 0 spiro atoms. The normalized spacial score (nSPS) is 21.4. The maximum absolute atomic E-state index is 6.07. The number of methoxy groups -OCH3 is 2. The first-order chi connectivity index (χ1) is 9.64. The summed E-state index contributed by atoms with van der Waals surface area (Å²) in [6, 6.07) is 4.14. The molecule has 0 bridgehead atoms. The standard InChI is InChI=1S/C16H23ClO3/c1-16(7-4-5-8-17)13-11-15(19-3)14(18-2)10-12(13)6-9-20-16/h10-11H,4-9H2,1-3H3. The predicted molar refractivity (Wildman–Crippen MR) is 81.1 cm³/mol. The number of halogens is 1. The summed E-state index contributed by atoms with van der Waals surface area (Å²) in [5, 5.41) is 0. The summed E-state index contributed by atoms with van der Waals surface area (Å²) < 4.78 is 16.9. The third kappa shape index (κ3) is 3.04. The Balaban J connectivity index is 2.33. The third-order valence-electron chi connectivity index (χ3n) is 4.01. The van der Waals surface area contributed by atoms with E-state index in [9.17, 15) is 0 Å². The summed E-state index contributed by atoms with van der Waals surface area (Å²) in [5.74, 6) is 2.26. The van der Waals surface area contributed by atoms with E-state index < -0.39 is 0 Å². The molecule has 0 aromatic heterocycles. The highest BCUT2D eigenvalue weighted by molar-refractivity contribution is 6.17. The molecule has 0 N–H and O–H groups in total. The lowest BCUT2D eigenvalue weighted by Gasteiger charge is -2.37. The van der Waals surface area contributed by atoms with Crippen LogP contribution in [0.2, 0.25) is 0 Å². The minimum absolute atomic E-state index is 0.251. The van der Waals surface area contributed by atoms with Gasteiger partial charge in [0.25, 0.3) is 0 Å². The number of hydrogen-bond donors (Lipinski definition) is 0. The Morgan fingerprint density at radius 1 is 1.20 bits per heavy atom. The van der Waals surface area contributed by atoms with E-state index in [0.29, 0.717) is 5.88 Å². The van der Waals surface area contributed by atoms with Gasteiger partial charge in [0.15, 0.2) is 11.5 Å². The van der Waals surface area contributed by atoms with Crippen molar-refractivity contribution in [3.63, 3.8) is 0 Å². The monoisotopic (exact) mass is 298 g/mol. The van der Waals surface area contributed by atoms with Crippen LogP contribution in [0.25, 0.3) is 0 Å². The second-order valence-electron chi connectivity index (χ2n) is 5.34. The SMILES string of the molecule is COc1cc2c(cc1OC)C(C)(CCCCCl)OCC2. The van der Waals surface area contributed by atoms with Crippen molar-refractivity contribution in [2.24, 2.45) is 0 Å². The zero-order chi connectivity index (χ0) is 14.6. The van der Waals surface area contributed by atoms with Crippen molar-refractivity contribution >= 4 is 11.6 Å². The summed E-state index contributed by atoms with van der Waals surface area (Å²) in [6.07, 6.45) is 3.97. The molecule has 0 aliphatic carbocycles. The van der Waals surface area contributed by atoms with Gasteiger partial charge in [0.2, 0.25) is 0 Å². The molecular weight excluding hydrogens is 276 g/mol. The van der Waals surface area contributed by atoms with Crippen molar-refractivity contribution < 1.29 is 14.2 Å².